The molecular weight excluding hydrogens is 318 g/mol. The molecule has 0 radical (unpaired) electrons. The zero-order valence-electron chi connectivity index (χ0n) is 14.1. The summed E-state index contributed by atoms with van der Waals surface area (Å²) >= 11 is 0. The number of hydrogen-bond acceptors (Lipinski definition) is 3. The van der Waals surface area contributed by atoms with Gasteiger partial charge in [0.15, 0.2) is 0 Å². The number of amides is 3. The third-order valence-electron chi connectivity index (χ3n) is 4.10. The highest BCUT2D eigenvalue weighted by molar-refractivity contribution is 5.89. The second-order valence-corrected chi connectivity index (χ2v) is 5.86. The highest BCUT2D eigenvalue weighted by Crippen LogP contribution is 2.22. The van der Waals surface area contributed by atoms with E-state index in [0.717, 1.165) is 5.75 Å². The molecule has 1 aliphatic heterocycles. The number of para-hydroxylation sites is 1. The predicted molar refractivity (Wildman–Crippen MR) is 95.8 cm³/mol. The van der Waals surface area contributed by atoms with Gasteiger partial charge in [-0.05, 0) is 36.4 Å². The quantitative estimate of drug-likeness (QED) is 0.934. The number of rotatable bonds is 3. The Balaban J connectivity index is 1.53. The molecule has 1 aliphatic rings. The first-order valence-corrected chi connectivity index (χ1v) is 8.26. The molecule has 130 valence electrons. The maximum atomic E-state index is 12.3. The van der Waals surface area contributed by atoms with Crippen molar-refractivity contribution in [3.63, 3.8) is 0 Å². The smallest absolute Gasteiger partial charge is 0.321 e. The molecule has 0 unspecified atom stereocenters. The van der Waals surface area contributed by atoms with Crippen LogP contribution in [0.5, 0.6) is 11.5 Å². The van der Waals surface area contributed by atoms with E-state index in [0.29, 0.717) is 37.6 Å². The topological polar surface area (TPSA) is 61.9 Å². The van der Waals surface area contributed by atoms with Crippen molar-refractivity contribution >= 4 is 17.6 Å². The Hall–Kier alpha value is -3.02. The number of carbonyl (C=O) groups excluding carboxylic acids is 2. The van der Waals surface area contributed by atoms with E-state index in [1.165, 1.54) is 0 Å². The van der Waals surface area contributed by atoms with Gasteiger partial charge in [0.1, 0.15) is 11.5 Å². The number of piperazine rings is 1. The van der Waals surface area contributed by atoms with Crippen LogP contribution in [0.15, 0.2) is 54.6 Å². The number of nitrogens with zero attached hydrogens (tertiary/aromatic N) is 2. The van der Waals surface area contributed by atoms with Crippen molar-refractivity contribution in [2.45, 2.75) is 6.92 Å². The number of anilines is 1. The van der Waals surface area contributed by atoms with Crippen molar-refractivity contribution in [3.8, 4) is 11.5 Å². The summed E-state index contributed by atoms with van der Waals surface area (Å²) in [5.74, 6) is 1.52. The van der Waals surface area contributed by atoms with Crippen molar-refractivity contribution in [3.05, 3.63) is 54.6 Å². The number of nitrogens with one attached hydrogen (secondary N) is 1. The lowest BCUT2D eigenvalue weighted by Crippen LogP contribution is -2.51. The minimum absolute atomic E-state index is 0.0501. The van der Waals surface area contributed by atoms with Crippen molar-refractivity contribution in [1.29, 1.82) is 0 Å². The Kier molecular flexibility index (Phi) is 5.18. The molecule has 0 aromatic heterocycles. The summed E-state index contributed by atoms with van der Waals surface area (Å²) in [4.78, 5) is 27.1. The SMILES string of the molecule is CC(=O)N1CCN(C(=O)Nc2ccc(Oc3ccccc3)cc2)CC1. The first kappa shape index (κ1) is 16.8. The lowest BCUT2D eigenvalue weighted by Gasteiger charge is -2.34. The first-order valence-electron chi connectivity index (χ1n) is 8.26. The molecule has 1 heterocycles. The Labute approximate surface area is 147 Å². The number of hydrogen-bond donors (Lipinski definition) is 1. The molecule has 0 bridgehead atoms. The van der Waals surface area contributed by atoms with Crippen LogP contribution in [-0.4, -0.2) is 47.9 Å². The van der Waals surface area contributed by atoms with Gasteiger partial charge in [-0.15, -0.1) is 0 Å². The van der Waals surface area contributed by atoms with Gasteiger partial charge in [-0.1, -0.05) is 18.2 Å². The number of carbonyl (C=O) groups is 2. The van der Waals surface area contributed by atoms with Gasteiger partial charge in [-0.3, -0.25) is 4.79 Å². The number of urea groups is 1. The summed E-state index contributed by atoms with van der Waals surface area (Å²) in [6, 6.07) is 16.6. The lowest BCUT2D eigenvalue weighted by atomic mass is 10.3. The van der Waals surface area contributed by atoms with Crippen LogP contribution in [0.3, 0.4) is 0 Å². The maximum Gasteiger partial charge on any atom is 0.321 e. The molecular formula is C19H21N3O3. The van der Waals surface area contributed by atoms with Gasteiger partial charge in [-0.25, -0.2) is 4.79 Å². The number of ether oxygens (including phenoxy) is 1. The van der Waals surface area contributed by atoms with Gasteiger partial charge in [-0.2, -0.15) is 0 Å². The fourth-order valence-electron chi connectivity index (χ4n) is 2.66. The third kappa shape index (κ3) is 4.50. The van der Waals surface area contributed by atoms with E-state index in [4.69, 9.17) is 4.74 Å². The van der Waals surface area contributed by atoms with Crippen molar-refractivity contribution in [2.75, 3.05) is 31.5 Å². The van der Waals surface area contributed by atoms with Gasteiger partial charge < -0.3 is 19.9 Å². The van der Waals surface area contributed by atoms with Gasteiger partial charge >= 0.3 is 6.03 Å². The molecule has 0 saturated carbocycles. The van der Waals surface area contributed by atoms with Crippen LogP contribution in [0, 0.1) is 0 Å². The Morgan fingerprint density at radius 3 is 2.00 bits per heavy atom. The standard InChI is InChI=1S/C19H21N3O3/c1-15(23)21-11-13-22(14-12-21)19(24)20-16-7-9-18(10-8-16)25-17-5-3-2-4-6-17/h2-10H,11-14H2,1H3,(H,20,24). The molecule has 3 amide bonds. The molecule has 1 fully saturated rings. The van der Waals surface area contributed by atoms with Crippen LogP contribution in [0.25, 0.3) is 0 Å². The van der Waals surface area contributed by atoms with Gasteiger partial charge in [0.2, 0.25) is 5.91 Å². The molecule has 1 saturated heterocycles. The van der Waals surface area contributed by atoms with Crippen molar-refractivity contribution < 1.29 is 14.3 Å². The van der Waals surface area contributed by atoms with Crippen LogP contribution < -0.4 is 10.1 Å². The molecule has 3 rings (SSSR count). The Morgan fingerprint density at radius 1 is 0.840 bits per heavy atom. The molecule has 25 heavy (non-hydrogen) atoms. The average molecular weight is 339 g/mol. The maximum absolute atomic E-state index is 12.3. The Bertz CT molecular complexity index is 723. The monoisotopic (exact) mass is 339 g/mol. The molecule has 0 aliphatic carbocycles. The Morgan fingerprint density at radius 2 is 1.40 bits per heavy atom. The van der Waals surface area contributed by atoms with Gasteiger partial charge in [0, 0.05) is 38.8 Å². The van der Waals surface area contributed by atoms with Gasteiger partial charge in [0.05, 0.1) is 0 Å². The summed E-state index contributed by atoms with van der Waals surface area (Å²) in [5, 5.41) is 2.87. The summed E-state index contributed by atoms with van der Waals surface area (Å²) in [7, 11) is 0. The molecule has 0 spiro atoms. The molecule has 2 aromatic rings. The molecule has 0 atom stereocenters. The highest BCUT2D eigenvalue weighted by Gasteiger charge is 2.22. The first-order chi connectivity index (χ1) is 12.1. The zero-order valence-corrected chi connectivity index (χ0v) is 14.1. The summed E-state index contributed by atoms with van der Waals surface area (Å²) < 4.78 is 5.73. The van der Waals surface area contributed by atoms with Crippen LogP contribution in [-0.2, 0) is 4.79 Å². The summed E-state index contributed by atoms with van der Waals surface area (Å²) in [6.45, 7) is 3.79. The highest BCUT2D eigenvalue weighted by atomic mass is 16.5. The third-order valence-corrected chi connectivity index (χ3v) is 4.10. The van der Waals surface area contributed by atoms with Crippen LogP contribution in [0.2, 0.25) is 0 Å². The van der Waals surface area contributed by atoms with E-state index in [9.17, 15) is 9.59 Å². The van der Waals surface area contributed by atoms with E-state index in [1.54, 1.807) is 16.7 Å². The van der Waals surface area contributed by atoms with Crippen molar-refractivity contribution in [2.24, 2.45) is 0 Å². The number of benzene rings is 2. The summed E-state index contributed by atoms with van der Waals surface area (Å²) in [6.07, 6.45) is 0. The van der Waals surface area contributed by atoms with E-state index in [-0.39, 0.29) is 11.9 Å². The van der Waals surface area contributed by atoms with Crippen molar-refractivity contribution in [1.82, 2.24) is 9.80 Å². The molecule has 6 nitrogen and oxygen atoms in total. The molecule has 1 N–H and O–H groups in total. The predicted octanol–water partition coefficient (Wildman–Crippen LogP) is 3.17. The second-order valence-electron chi connectivity index (χ2n) is 5.86. The fraction of sp³-hybridized carbons (Fsp3) is 0.263. The minimum Gasteiger partial charge on any atom is -0.457 e. The van der Waals surface area contributed by atoms with E-state index in [1.807, 2.05) is 54.6 Å². The second kappa shape index (κ2) is 7.70. The van der Waals surface area contributed by atoms with Crippen LogP contribution in [0.1, 0.15) is 6.92 Å². The van der Waals surface area contributed by atoms with E-state index >= 15 is 0 Å². The lowest BCUT2D eigenvalue weighted by molar-refractivity contribution is -0.130. The van der Waals surface area contributed by atoms with Crippen LogP contribution in [0.4, 0.5) is 10.5 Å². The van der Waals surface area contributed by atoms with E-state index in [2.05, 4.69) is 5.32 Å². The fourth-order valence-corrected chi connectivity index (χ4v) is 2.66. The molecule has 2 aromatic carbocycles. The minimum atomic E-state index is -0.153. The van der Waals surface area contributed by atoms with Gasteiger partial charge in [0.25, 0.3) is 0 Å². The average Bonchev–Trinajstić information content (AvgIpc) is 2.64. The largest absolute Gasteiger partial charge is 0.457 e. The van der Waals surface area contributed by atoms with E-state index < -0.39 is 0 Å². The zero-order chi connectivity index (χ0) is 17.6. The normalized spacial score (nSPS) is 14.1. The van der Waals surface area contributed by atoms with Crippen LogP contribution >= 0.6 is 0 Å². The summed E-state index contributed by atoms with van der Waals surface area (Å²) in [5.41, 5.74) is 0.708. The molecule has 6 heteroatoms.